The van der Waals surface area contributed by atoms with Crippen LogP contribution in [0, 0.1) is 9.39 Å². The van der Waals surface area contributed by atoms with Crippen LogP contribution in [0.1, 0.15) is 18.1 Å². The van der Waals surface area contributed by atoms with Crippen molar-refractivity contribution in [2.24, 2.45) is 0 Å². The van der Waals surface area contributed by atoms with Crippen molar-refractivity contribution < 1.29 is 18.7 Å². The topological polar surface area (TPSA) is 38.8 Å². The third-order valence-corrected chi connectivity index (χ3v) is 6.19. The Morgan fingerprint density at radius 2 is 2.11 bits per heavy atom. The van der Waals surface area contributed by atoms with E-state index in [1.807, 2.05) is 19.1 Å². The van der Waals surface area contributed by atoms with Crippen molar-refractivity contribution in [1.82, 2.24) is 4.90 Å². The van der Waals surface area contributed by atoms with Gasteiger partial charge in [0.25, 0.3) is 5.91 Å². The normalized spacial score (nSPS) is 15.4. The van der Waals surface area contributed by atoms with Crippen molar-refractivity contribution in [2.75, 3.05) is 13.7 Å². The lowest BCUT2D eigenvalue weighted by Gasteiger charge is -2.14. The molecule has 0 radical (unpaired) electrons. The molecule has 0 N–H and O–H groups in total. The van der Waals surface area contributed by atoms with E-state index in [2.05, 4.69) is 22.6 Å². The Bertz CT molecular complexity index is 964. The Kier molecular flexibility index (Phi) is 6.95. The highest BCUT2D eigenvalue weighted by molar-refractivity contribution is 14.1. The van der Waals surface area contributed by atoms with Crippen molar-refractivity contribution in [3.8, 4) is 11.5 Å². The lowest BCUT2D eigenvalue weighted by molar-refractivity contribution is -0.121. The second-order valence-electron chi connectivity index (χ2n) is 5.88. The highest BCUT2D eigenvalue weighted by atomic mass is 127. The van der Waals surface area contributed by atoms with Gasteiger partial charge in [-0.2, -0.15) is 0 Å². The Hall–Kier alpha value is -1.65. The molecule has 1 aliphatic rings. The predicted molar refractivity (Wildman–Crippen MR) is 122 cm³/mol. The van der Waals surface area contributed by atoms with Crippen molar-refractivity contribution in [1.29, 1.82) is 0 Å². The summed E-state index contributed by atoms with van der Waals surface area (Å²) in [5, 5.41) is 0. The molecule has 2 aromatic carbocycles. The van der Waals surface area contributed by atoms with Crippen molar-refractivity contribution in [2.45, 2.75) is 13.5 Å². The molecule has 1 heterocycles. The van der Waals surface area contributed by atoms with Gasteiger partial charge in [-0.25, -0.2) is 4.39 Å². The second kappa shape index (κ2) is 9.23. The number of halogens is 2. The maximum atomic E-state index is 13.3. The van der Waals surface area contributed by atoms with Crippen LogP contribution in [-0.2, 0) is 11.4 Å². The SMILES string of the molecule is CCN1C(=O)/C(=C/c2cc(I)c(OCc3cccc(F)c3)c(OC)c2)SC1=S. The van der Waals surface area contributed by atoms with Gasteiger partial charge in [0, 0.05) is 6.54 Å². The van der Waals surface area contributed by atoms with Gasteiger partial charge < -0.3 is 9.47 Å². The van der Waals surface area contributed by atoms with Gasteiger partial charge in [-0.05, 0) is 71.0 Å². The summed E-state index contributed by atoms with van der Waals surface area (Å²) in [4.78, 5) is 14.6. The van der Waals surface area contributed by atoms with Crippen LogP contribution in [0.5, 0.6) is 11.5 Å². The van der Waals surface area contributed by atoms with Crippen LogP contribution in [0.25, 0.3) is 6.08 Å². The number of methoxy groups -OCH3 is 1. The minimum absolute atomic E-state index is 0.0853. The standard InChI is InChI=1S/C20H17FINO3S2/c1-3-23-19(24)17(28-20(23)27)10-13-8-15(22)18(16(9-13)25-2)26-11-12-5-4-6-14(21)7-12/h4-10H,3,11H2,1-2H3/b17-10-. The molecule has 3 rings (SSSR count). The number of thiocarbonyl (C=S) groups is 1. The average molecular weight is 529 g/mol. The number of likely N-dealkylation sites (N-methyl/N-ethyl adjacent to an activating group) is 1. The number of nitrogens with zero attached hydrogens (tertiary/aromatic N) is 1. The molecule has 2 aromatic rings. The fourth-order valence-electron chi connectivity index (χ4n) is 2.67. The number of benzene rings is 2. The molecule has 28 heavy (non-hydrogen) atoms. The van der Waals surface area contributed by atoms with E-state index < -0.39 is 0 Å². The third-order valence-electron chi connectivity index (χ3n) is 4.01. The molecule has 1 saturated heterocycles. The third kappa shape index (κ3) is 4.66. The largest absolute Gasteiger partial charge is 0.493 e. The Morgan fingerprint density at radius 1 is 1.32 bits per heavy atom. The highest BCUT2D eigenvalue weighted by Gasteiger charge is 2.30. The van der Waals surface area contributed by atoms with Crippen molar-refractivity contribution >= 4 is 62.9 Å². The maximum Gasteiger partial charge on any atom is 0.266 e. The number of thioether (sulfide) groups is 1. The summed E-state index contributed by atoms with van der Waals surface area (Å²) in [6.07, 6.45) is 1.80. The number of carbonyl (C=O) groups is 1. The molecular formula is C20H17FINO3S2. The zero-order chi connectivity index (χ0) is 20.3. The molecule has 0 atom stereocenters. The lowest BCUT2D eigenvalue weighted by Crippen LogP contribution is -2.27. The summed E-state index contributed by atoms with van der Waals surface area (Å²) in [6, 6.07) is 9.98. The first-order valence-corrected chi connectivity index (χ1v) is 10.7. The summed E-state index contributed by atoms with van der Waals surface area (Å²) >= 11 is 8.70. The molecule has 8 heteroatoms. The summed E-state index contributed by atoms with van der Waals surface area (Å²) in [7, 11) is 1.56. The number of hydrogen-bond acceptors (Lipinski definition) is 5. The molecule has 0 unspecified atom stereocenters. The zero-order valence-corrected chi connectivity index (χ0v) is 19.0. The monoisotopic (exact) mass is 529 g/mol. The number of amides is 1. The first-order valence-electron chi connectivity index (χ1n) is 8.43. The van der Waals surface area contributed by atoms with E-state index in [1.165, 1.54) is 23.9 Å². The van der Waals surface area contributed by atoms with Crippen LogP contribution < -0.4 is 9.47 Å². The molecular weight excluding hydrogens is 512 g/mol. The summed E-state index contributed by atoms with van der Waals surface area (Å²) < 4.78 is 26.1. The van der Waals surface area contributed by atoms with E-state index >= 15 is 0 Å². The smallest absolute Gasteiger partial charge is 0.266 e. The van der Waals surface area contributed by atoms with E-state index in [-0.39, 0.29) is 18.3 Å². The number of ether oxygens (including phenoxy) is 2. The fourth-order valence-corrected chi connectivity index (χ4v) is 4.83. The van der Waals surface area contributed by atoms with Crippen molar-refractivity contribution in [3.05, 3.63) is 61.8 Å². The maximum absolute atomic E-state index is 13.3. The number of rotatable bonds is 6. The van der Waals surface area contributed by atoms with Crippen LogP contribution in [-0.4, -0.2) is 28.8 Å². The molecule has 0 bridgehead atoms. The second-order valence-corrected chi connectivity index (χ2v) is 8.72. The highest BCUT2D eigenvalue weighted by Crippen LogP contribution is 2.37. The molecule has 1 amide bonds. The molecule has 1 aliphatic heterocycles. The van der Waals surface area contributed by atoms with E-state index in [1.54, 1.807) is 30.2 Å². The van der Waals surface area contributed by atoms with Crippen molar-refractivity contribution in [3.63, 3.8) is 0 Å². The van der Waals surface area contributed by atoms with Crippen LogP contribution >= 0.6 is 46.6 Å². The van der Waals surface area contributed by atoms with Crippen LogP contribution in [0.3, 0.4) is 0 Å². The Balaban J connectivity index is 1.85. The first kappa shape index (κ1) is 21.1. The summed E-state index contributed by atoms with van der Waals surface area (Å²) in [5.41, 5.74) is 1.54. The van der Waals surface area contributed by atoms with Gasteiger partial charge in [0.2, 0.25) is 0 Å². The molecule has 0 spiro atoms. The van der Waals surface area contributed by atoms with E-state index in [4.69, 9.17) is 21.7 Å². The predicted octanol–water partition coefficient (Wildman–Crippen LogP) is 5.24. The first-order chi connectivity index (χ1) is 13.4. The quantitative estimate of drug-likeness (QED) is 0.291. The Labute approximate surface area is 186 Å². The molecule has 1 fully saturated rings. The van der Waals surface area contributed by atoms with Gasteiger partial charge in [0.1, 0.15) is 16.7 Å². The number of carbonyl (C=O) groups excluding carboxylic acids is 1. The minimum atomic E-state index is -0.303. The van der Waals surface area contributed by atoms with E-state index in [9.17, 15) is 9.18 Å². The molecule has 0 aliphatic carbocycles. The van der Waals surface area contributed by atoms with Gasteiger partial charge in [0.15, 0.2) is 11.5 Å². The molecule has 146 valence electrons. The lowest BCUT2D eigenvalue weighted by atomic mass is 10.1. The Morgan fingerprint density at radius 3 is 2.75 bits per heavy atom. The number of hydrogen-bond donors (Lipinski definition) is 0. The van der Waals surface area contributed by atoms with Gasteiger partial charge in [-0.3, -0.25) is 9.69 Å². The van der Waals surface area contributed by atoms with Gasteiger partial charge >= 0.3 is 0 Å². The molecule has 0 saturated carbocycles. The molecule has 4 nitrogen and oxygen atoms in total. The fraction of sp³-hybridized carbons (Fsp3) is 0.200. The minimum Gasteiger partial charge on any atom is -0.493 e. The van der Waals surface area contributed by atoms with Gasteiger partial charge in [-0.1, -0.05) is 36.1 Å². The molecule has 0 aromatic heterocycles. The van der Waals surface area contributed by atoms with Gasteiger partial charge in [-0.15, -0.1) is 0 Å². The summed E-state index contributed by atoms with van der Waals surface area (Å²) in [6.45, 7) is 2.67. The summed E-state index contributed by atoms with van der Waals surface area (Å²) in [5.74, 6) is 0.728. The van der Waals surface area contributed by atoms with Crippen LogP contribution in [0.2, 0.25) is 0 Å². The van der Waals surface area contributed by atoms with Crippen LogP contribution in [0.4, 0.5) is 4.39 Å². The van der Waals surface area contributed by atoms with E-state index in [0.717, 1.165) is 14.7 Å². The zero-order valence-electron chi connectivity index (χ0n) is 15.2. The average Bonchev–Trinajstić information content (AvgIpc) is 2.93. The van der Waals surface area contributed by atoms with E-state index in [0.29, 0.717) is 27.3 Å². The van der Waals surface area contributed by atoms with Gasteiger partial charge in [0.05, 0.1) is 15.6 Å². The van der Waals surface area contributed by atoms with Crippen LogP contribution in [0.15, 0.2) is 41.3 Å².